The summed E-state index contributed by atoms with van der Waals surface area (Å²) >= 11 is 0. The van der Waals surface area contributed by atoms with E-state index in [2.05, 4.69) is 6.92 Å². The van der Waals surface area contributed by atoms with Crippen LogP contribution >= 0.6 is 0 Å². The summed E-state index contributed by atoms with van der Waals surface area (Å²) in [5.74, 6) is -0.414. The molecule has 22 heavy (non-hydrogen) atoms. The van der Waals surface area contributed by atoms with Gasteiger partial charge in [0.2, 0.25) is 0 Å². The van der Waals surface area contributed by atoms with Gasteiger partial charge < -0.3 is 0 Å². The molecule has 0 N–H and O–H groups in total. The first-order valence-corrected chi connectivity index (χ1v) is 8.56. The molecule has 0 aliphatic carbocycles. The van der Waals surface area contributed by atoms with Gasteiger partial charge in [0.05, 0.1) is 12.2 Å². The van der Waals surface area contributed by atoms with Crippen molar-refractivity contribution in [2.24, 2.45) is 0 Å². The van der Waals surface area contributed by atoms with Crippen LogP contribution in [0.1, 0.15) is 79.8 Å². The summed E-state index contributed by atoms with van der Waals surface area (Å²) in [6, 6.07) is 5.52. The summed E-state index contributed by atoms with van der Waals surface area (Å²) in [5.41, 5.74) is 2.79. The summed E-state index contributed by atoms with van der Waals surface area (Å²) in [5, 5.41) is 0. The van der Waals surface area contributed by atoms with Gasteiger partial charge >= 0.3 is 5.97 Å². The van der Waals surface area contributed by atoms with Crippen molar-refractivity contribution < 1.29 is 14.6 Å². The van der Waals surface area contributed by atoms with Crippen LogP contribution in [0.15, 0.2) is 18.2 Å². The average Bonchev–Trinajstić information content (AvgIpc) is 2.51. The molecule has 0 saturated heterocycles. The van der Waals surface area contributed by atoms with E-state index in [9.17, 15) is 4.79 Å². The van der Waals surface area contributed by atoms with E-state index in [1.165, 1.54) is 38.5 Å². The van der Waals surface area contributed by atoms with Gasteiger partial charge in [-0.3, -0.25) is 4.89 Å². The highest BCUT2D eigenvalue weighted by atomic mass is 17.2. The second-order valence-corrected chi connectivity index (χ2v) is 5.97. The van der Waals surface area contributed by atoms with Crippen LogP contribution in [-0.4, -0.2) is 12.6 Å². The highest BCUT2D eigenvalue weighted by molar-refractivity contribution is 5.89. The smallest absolute Gasteiger partial charge is 0.293 e. The molecular formula is C19H30O3. The lowest BCUT2D eigenvalue weighted by molar-refractivity contribution is -0.241. The normalized spacial score (nSPS) is 10.7. The zero-order valence-electron chi connectivity index (χ0n) is 14.3. The average molecular weight is 306 g/mol. The molecule has 0 saturated carbocycles. The van der Waals surface area contributed by atoms with Crippen LogP contribution < -0.4 is 0 Å². The quantitative estimate of drug-likeness (QED) is 0.306. The highest BCUT2D eigenvalue weighted by Crippen LogP contribution is 2.11. The summed E-state index contributed by atoms with van der Waals surface area (Å²) in [4.78, 5) is 21.7. The Kier molecular flexibility index (Phi) is 9.56. The fourth-order valence-corrected chi connectivity index (χ4v) is 2.31. The molecule has 0 spiro atoms. The molecule has 0 unspecified atom stereocenters. The van der Waals surface area contributed by atoms with Crippen molar-refractivity contribution in [2.45, 2.75) is 72.1 Å². The molecule has 0 amide bonds. The van der Waals surface area contributed by atoms with E-state index in [1.807, 2.05) is 26.0 Å². The molecular weight excluding hydrogens is 276 g/mol. The number of unbranched alkanes of at least 4 members (excludes halogenated alkanes) is 7. The Morgan fingerprint density at radius 3 is 2.18 bits per heavy atom. The van der Waals surface area contributed by atoms with Gasteiger partial charge in [-0.2, -0.15) is 4.89 Å². The molecule has 0 bridgehead atoms. The standard InChI is InChI=1S/C19H30O3/c1-4-5-6-7-8-9-10-11-14-21-22-19(20)18-13-12-16(2)17(3)15-18/h12-13,15H,4-11,14H2,1-3H3. The summed E-state index contributed by atoms with van der Waals surface area (Å²) in [6.45, 7) is 6.71. The van der Waals surface area contributed by atoms with Crippen molar-refractivity contribution in [2.75, 3.05) is 6.61 Å². The minimum atomic E-state index is -0.414. The lowest BCUT2D eigenvalue weighted by Crippen LogP contribution is -2.07. The third-order valence-corrected chi connectivity index (χ3v) is 3.96. The third kappa shape index (κ3) is 7.60. The van der Waals surface area contributed by atoms with Gasteiger partial charge in [0.25, 0.3) is 0 Å². The number of rotatable bonds is 11. The van der Waals surface area contributed by atoms with Crippen molar-refractivity contribution in [3.8, 4) is 0 Å². The predicted octanol–water partition coefficient (Wildman–Crippen LogP) is 5.53. The number of hydrogen-bond donors (Lipinski definition) is 0. The number of carbonyl (C=O) groups excluding carboxylic acids is 1. The molecule has 0 aliphatic rings. The second kappa shape index (κ2) is 11.2. The van der Waals surface area contributed by atoms with E-state index in [4.69, 9.17) is 9.78 Å². The van der Waals surface area contributed by atoms with E-state index in [0.717, 1.165) is 24.0 Å². The molecule has 3 nitrogen and oxygen atoms in total. The van der Waals surface area contributed by atoms with Gasteiger partial charge in [-0.25, -0.2) is 4.79 Å². The maximum absolute atomic E-state index is 11.8. The summed E-state index contributed by atoms with van der Waals surface area (Å²) < 4.78 is 0. The van der Waals surface area contributed by atoms with Gasteiger partial charge in [0.1, 0.15) is 0 Å². The molecule has 0 atom stereocenters. The second-order valence-electron chi connectivity index (χ2n) is 5.97. The molecule has 0 aliphatic heterocycles. The first-order valence-electron chi connectivity index (χ1n) is 8.56. The lowest BCUT2D eigenvalue weighted by Gasteiger charge is -2.06. The molecule has 1 rings (SSSR count). The number of carbonyl (C=O) groups is 1. The Morgan fingerprint density at radius 1 is 0.909 bits per heavy atom. The molecule has 0 aromatic heterocycles. The summed E-state index contributed by atoms with van der Waals surface area (Å²) in [6.07, 6.45) is 9.91. The molecule has 3 heteroatoms. The number of aryl methyl sites for hydroxylation is 2. The molecule has 124 valence electrons. The van der Waals surface area contributed by atoms with Gasteiger partial charge in [-0.15, -0.1) is 0 Å². The van der Waals surface area contributed by atoms with E-state index in [0.29, 0.717) is 12.2 Å². The molecule has 0 radical (unpaired) electrons. The topological polar surface area (TPSA) is 35.5 Å². The summed E-state index contributed by atoms with van der Waals surface area (Å²) in [7, 11) is 0. The van der Waals surface area contributed by atoms with Crippen molar-refractivity contribution in [1.29, 1.82) is 0 Å². The van der Waals surface area contributed by atoms with E-state index in [-0.39, 0.29) is 0 Å². The van der Waals surface area contributed by atoms with Crippen LogP contribution in [0.25, 0.3) is 0 Å². The van der Waals surface area contributed by atoms with Crippen LogP contribution in [0, 0.1) is 13.8 Å². The van der Waals surface area contributed by atoms with Crippen LogP contribution in [0.5, 0.6) is 0 Å². The maximum atomic E-state index is 11.8. The molecule has 1 aromatic rings. The fourth-order valence-electron chi connectivity index (χ4n) is 2.31. The first-order chi connectivity index (χ1) is 10.6. The molecule has 1 aromatic carbocycles. The van der Waals surface area contributed by atoms with Crippen LogP contribution in [0.4, 0.5) is 0 Å². The third-order valence-electron chi connectivity index (χ3n) is 3.96. The van der Waals surface area contributed by atoms with Gasteiger partial charge in [-0.05, 0) is 43.5 Å². The van der Waals surface area contributed by atoms with Crippen molar-refractivity contribution in [3.05, 3.63) is 34.9 Å². The van der Waals surface area contributed by atoms with E-state index in [1.54, 1.807) is 6.07 Å². The zero-order valence-corrected chi connectivity index (χ0v) is 14.3. The Labute approximate surface area is 134 Å². The first kappa shape index (κ1) is 18.7. The van der Waals surface area contributed by atoms with Crippen molar-refractivity contribution in [3.63, 3.8) is 0 Å². The fraction of sp³-hybridized carbons (Fsp3) is 0.632. The van der Waals surface area contributed by atoms with Crippen molar-refractivity contribution in [1.82, 2.24) is 0 Å². The van der Waals surface area contributed by atoms with Gasteiger partial charge in [0.15, 0.2) is 0 Å². The van der Waals surface area contributed by atoms with Gasteiger partial charge in [0, 0.05) is 0 Å². The largest absolute Gasteiger partial charge is 0.373 e. The minimum Gasteiger partial charge on any atom is -0.293 e. The Hall–Kier alpha value is -1.35. The monoisotopic (exact) mass is 306 g/mol. The molecule has 0 heterocycles. The Morgan fingerprint density at radius 2 is 1.55 bits per heavy atom. The zero-order chi connectivity index (χ0) is 16.2. The maximum Gasteiger partial charge on any atom is 0.373 e. The Balaban J connectivity index is 2.04. The minimum absolute atomic E-state index is 0.414. The lowest BCUT2D eigenvalue weighted by atomic mass is 10.1. The van der Waals surface area contributed by atoms with E-state index >= 15 is 0 Å². The van der Waals surface area contributed by atoms with E-state index < -0.39 is 5.97 Å². The number of benzene rings is 1. The van der Waals surface area contributed by atoms with Gasteiger partial charge in [-0.1, -0.05) is 57.9 Å². The Bertz CT molecular complexity index is 440. The highest BCUT2D eigenvalue weighted by Gasteiger charge is 2.09. The van der Waals surface area contributed by atoms with Crippen LogP contribution in [0.2, 0.25) is 0 Å². The molecule has 0 fully saturated rings. The van der Waals surface area contributed by atoms with Crippen LogP contribution in [-0.2, 0) is 9.78 Å². The van der Waals surface area contributed by atoms with Crippen molar-refractivity contribution >= 4 is 5.97 Å². The number of hydrogen-bond acceptors (Lipinski definition) is 3. The predicted molar refractivity (Wildman–Crippen MR) is 89.9 cm³/mol. The van der Waals surface area contributed by atoms with Crippen LogP contribution in [0.3, 0.4) is 0 Å². The SMILES string of the molecule is CCCCCCCCCCOOC(=O)c1ccc(C)c(C)c1.